The fraction of sp³-hybridized carbons (Fsp3) is 0.500. The van der Waals surface area contributed by atoms with Gasteiger partial charge in [0.2, 0.25) is 0 Å². The lowest BCUT2D eigenvalue weighted by molar-refractivity contribution is -0.141. The quantitative estimate of drug-likeness (QED) is 0.737. The van der Waals surface area contributed by atoms with Crippen molar-refractivity contribution in [1.82, 2.24) is 4.98 Å². The Morgan fingerprint density at radius 2 is 1.96 bits per heavy atom. The second-order valence-electron chi connectivity index (χ2n) is 6.68. The number of thiophene rings is 1. The number of carbonyl (C=O) groups is 1. The molecule has 0 radical (unpaired) electrons. The molecule has 1 N–H and O–H groups in total. The number of aryl methyl sites for hydroxylation is 2. The number of hydrogen-bond acceptors (Lipinski definition) is 4. The normalized spacial score (nSPS) is 12.5. The average Bonchev–Trinajstić information content (AvgIpc) is 3.01. The molecule has 0 fully saturated rings. The number of thiazole rings is 1. The molecule has 1 amide bonds. The van der Waals surface area contributed by atoms with Crippen LogP contribution in [0.2, 0.25) is 0 Å². The van der Waals surface area contributed by atoms with Gasteiger partial charge in [-0.15, -0.1) is 22.7 Å². The first kappa shape index (κ1) is 18.9. The second kappa shape index (κ2) is 6.84. The van der Waals surface area contributed by atoms with Crippen molar-refractivity contribution in [2.75, 3.05) is 5.32 Å². The number of nitrogens with one attached hydrogen (secondary N) is 1. The maximum atomic E-state index is 13.0. The second-order valence-corrected chi connectivity index (χ2v) is 8.88. The Hall–Kier alpha value is -1.41. The van der Waals surface area contributed by atoms with Gasteiger partial charge in [0.25, 0.3) is 5.91 Å². The molecule has 3 nitrogen and oxygen atoms in total. The summed E-state index contributed by atoms with van der Waals surface area (Å²) in [6.45, 7) is 7.81. The van der Waals surface area contributed by atoms with E-state index in [0.717, 1.165) is 29.1 Å². The zero-order chi connectivity index (χ0) is 18.1. The lowest BCUT2D eigenvalue weighted by Crippen LogP contribution is -2.17. The molecule has 0 bridgehead atoms. The van der Waals surface area contributed by atoms with E-state index in [9.17, 15) is 18.0 Å². The number of rotatable bonds is 4. The van der Waals surface area contributed by atoms with Gasteiger partial charge < -0.3 is 5.32 Å². The first-order valence-corrected chi connectivity index (χ1v) is 9.09. The standard InChI is InChI=1S/C16H19F3N2OS2/c1-9-20-13(16(17,18)19)12(24-9)14(22)21-10-6-8-23-11(10)5-7-15(2,3)4/h6,8H,5,7H2,1-4H3,(H,21,22). The van der Waals surface area contributed by atoms with Crippen LogP contribution in [0, 0.1) is 12.3 Å². The molecule has 0 aromatic carbocycles. The number of anilines is 1. The van der Waals surface area contributed by atoms with Gasteiger partial charge in [-0.1, -0.05) is 20.8 Å². The van der Waals surface area contributed by atoms with Crippen LogP contribution in [0.4, 0.5) is 18.9 Å². The smallest absolute Gasteiger partial charge is 0.320 e. The maximum absolute atomic E-state index is 13.0. The number of hydrogen-bond donors (Lipinski definition) is 1. The predicted molar refractivity (Wildman–Crippen MR) is 91.9 cm³/mol. The first-order chi connectivity index (χ1) is 11.0. The summed E-state index contributed by atoms with van der Waals surface area (Å²) in [5.74, 6) is -0.761. The van der Waals surface area contributed by atoms with Crippen LogP contribution in [-0.4, -0.2) is 10.9 Å². The molecular formula is C16H19F3N2OS2. The van der Waals surface area contributed by atoms with Crippen LogP contribution in [-0.2, 0) is 12.6 Å². The molecule has 0 aliphatic heterocycles. The zero-order valence-electron chi connectivity index (χ0n) is 13.9. The number of halogens is 3. The molecule has 132 valence electrons. The molecule has 0 aliphatic rings. The van der Waals surface area contributed by atoms with Crippen molar-refractivity contribution in [1.29, 1.82) is 0 Å². The van der Waals surface area contributed by atoms with Gasteiger partial charge in [-0.2, -0.15) is 13.2 Å². The van der Waals surface area contributed by atoms with Gasteiger partial charge in [0.1, 0.15) is 4.88 Å². The van der Waals surface area contributed by atoms with Crippen LogP contribution >= 0.6 is 22.7 Å². The van der Waals surface area contributed by atoms with Crippen LogP contribution in [0.3, 0.4) is 0 Å². The van der Waals surface area contributed by atoms with Crippen molar-refractivity contribution >= 4 is 34.3 Å². The van der Waals surface area contributed by atoms with Gasteiger partial charge in [0, 0.05) is 4.88 Å². The third-order valence-corrected chi connectivity index (χ3v) is 5.25. The van der Waals surface area contributed by atoms with E-state index in [2.05, 4.69) is 31.1 Å². The van der Waals surface area contributed by atoms with Crippen LogP contribution in [0.25, 0.3) is 0 Å². The average molecular weight is 376 g/mol. The highest BCUT2D eigenvalue weighted by Crippen LogP contribution is 2.35. The summed E-state index contributed by atoms with van der Waals surface area (Å²) in [7, 11) is 0. The Bertz CT molecular complexity index is 726. The summed E-state index contributed by atoms with van der Waals surface area (Å²) in [6.07, 6.45) is -2.95. The highest BCUT2D eigenvalue weighted by Gasteiger charge is 2.39. The molecular weight excluding hydrogens is 357 g/mol. The minimum atomic E-state index is -4.64. The Balaban J connectivity index is 2.19. The molecule has 2 rings (SSSR count). The summed E-state index contributed by atoms with van der Waals surface area (Å²) in [5.41, 5.74) is -0.397. The Morgan fingerprint density at radius 3 is 2.54 bits per heavy atom. The highest BCUT2D eigenvalue weighted by molar-refractivity contribution is 7.14. The lowest BCUT2D eigenvalue weighted by Gasteiger charge is -2.17. The highest BCUT2D eigenvalue weighted by atomic mass is 32.1. The van der Waals surface area contributed by atoms with Crippen LogP contribution in [0.15, 0.2) is 11.4 Å². The lowest BCUT2D eigenvalue weighted by atomic mass is 9.90. The number of alkyl halides is 3. The van der Waals surface area contributed by atoms with Crippen molar-refractivity contribution in [2.45, 2.75) is 46.7 Å². The van der Waals surface area contributed by atoms with E-state index in [1.54, 1.807) is 6.07 Å². The fourth-order valence-electron chi connectivity index (χ4n) is 2.09. The first-order valence-electron chi connectivity index (χ1n) is 7.40. The van der Waals surface area contributed by atoms with E-state index >= 15 is 0 Å². The maximum Gasteiger partial charge on any atom is 0.435 e. The molecule has 0 saturated carbocycles. The minimum absolute atomic E-state index is 0.142. The topological polar surface area (TPSA) is 42.0 Å². The van der Waals surface area contributed by atoms with E-state index in [-0.39, 0.29) is 10.4 Å². The Morgan fingerprint density at radius 1 is 1.29 bits per heavy atom. The van der Waals surface area contributed by atoms with Gasteiger partial charge in [-0.05, 0) is 36.6 Å². The number of amides is 1. The van der Waals surface area contributed by atoms with Crippen LogP contribution in [0.1, 0.15) is 52.4 Å². The van der Waals surface area contributed by atoms with Crippen LogP contribution < -0.4 is 5.32 Å². The van der Waals surface area contributed by atoms with Gasteiger partial charge >= 0.3 is 6.18 Å². The monoisotopic (exact) mass is 376 g/mol. The molecule has 2 heterocycles. The van der Waals surface area contributed by atoms with Crippen molar-refractivity contribution < 1.29 is 18.0 Å². The third-order valence-electron chi connectivity index (χ3n) is 3.30. The summed E-state index contributed by atoms with van der Waals surface area (Å²) < 4.78 is 39.0. The number of carbonyl (C=O) groups excluding carboxylic acids is 1. The molecule has 2 aromatic rings. The van der Waals surface area contributed by atoms with E-state index in [1.165, 1.54) is 18.3 Å². The molecule has 0 aliphatic carbocycles. The van der Waals surface area contributed by atoms with Crippen LogP contribution in [0.5, 0.6) is 0 Å². The molecule has 0 saturated heterocycles. The third kappa shape index (κ3) is 4.80. The van der Waals surface area contributed by atoms with Crippen molar-refractivity contribution in [3.05, 3.63) is 31.9 Å². The number of nitrogens with zero attached hydrogens (tertiary/aromatic N) is 1. The molecule has 2 aromatic heterocycles. The molecule has 0 unspecified atom stereocenters. The Kier molecular flexibility index (Phi) is 5.39. The zero-order valence-corrected chi connectivity index (χ0v) is 15.5. The van der Waals surface area contributed by atoms with E-state index in [0.29, 0.717) is 5.69 Å². The summed E-state index contributed by atoms with van der Waals surface area (Å²) in [5, 5.41) is 4.65. The summed E-state index contributed by atoms with van der Waals surface area (Å²) in [4.78, 5) is 16.3. The van der Waals surface area contributed by atoms with Crippen molar-refractivity contribution in [3.63, 3.8) is 0 Å². The largest absolute Gasteiger partial charge is 0.435 e. The number of aromatic nitrogens is 1. The van der Waals surface area contributed by atoms with E-state index in [1.807, 2.05) is 5.38 Å². The van der Waals surface area contributed by atoms with Gasteiger partial charge in [0.05, 0.1) is 10.7 Å². The predicted octanol–water partition coefficient (Wildman–Crippen LogP) is 5.76. The van der Waals surface area contributed by atoms with Gasteiger partial charge in [-0.25, -0.2) is 4.98 Å². The fourth-order valence-corrected chi connectivity index (χ4v) is 3.75. The van der Waals surface area contributed by atoms with Gasteiger partial charge in [-0.3, -0.25) is 4.79 Å². The molecule has 0 atom stereocenters. The van der Waals surface area contributed by atoms with E-state index < -0.39 is 22.7 Å². The Labute approximate surface area is 146 Å². The summed E-state index contributed by atoms with van der Waals surface area (Å²) in [6, 6.07) is 1.72. The van der Waals surface area contributed by atoms with Crippen molar-refractivity contribution in [2.24, 2.45) is 5.41 Å². The van der Waals surface area contributed by atoms with Gasteiger partial charge in [0.15, 0.2) is 5.69 Å². The minimum Gasteiger partial charge on any atom is -0.320 e. The molecule has 8 heteroatoms. The van der Waals surface area contributed by atoms with Crippen molar-refractivity contribution in [3.8, 4) is 0 Å². The van der Waals surface area contributed by atoms with E-state index in [4.69, 9.17) is 0 Å². The summed E-state index contributed by atoms with van der Waals surface area (Å²) >= 11 is 2.25. The molecule has 24 heavy (non-hydrogen) atoms. The molecule has 0 spiro atoms. The SMILES string of the molecule is Cc1nc(C(F)(F)F)c(C(=O)Nc2ccsc2CCC(C)(C)C)s1.